The van der Waals surface area contributed by atoms with E-state index in [9.17, 15) is 14.4 Å². The molecule has 0 saturated carbocycles. The summed E-state index contributed by atoms with van der Waals surface area (Å²) in [6.45, 7) is 4.20. The van der Waals surface area contributed by atoms with Crippen LogP contribution in [0.5, 0.6) is 5.75 Å². The van der Waals surface area contributed by atoms with E-state index in [0.29, 0.717) is 33.6 Å². The van der Waals surface area contributed by atoms with Crippen LogP contribution in [0.4, 0.5) is 4.79 Å². The van der Waals surface area contributed by atoms with Crippen LogP contribution in [-0.2, 0) is 11.4 Å². The van der Waals surface area contributed by atoms with Gasteiger partial charge in [-0.3, -0.25) is 19.3 Å². The van der Waals surface area contributed by atoms with Crippen molar-refractivity contribution in [1.82, 2.24) is 15.4 Å². The lowest BCUT2D eigenvalue weighted by Gasteiger charge is -2.13. The molecule has 3 aromatic rings. The van der Waals surface area contributed by atoms with Crippen LogP contribution in [0.25, 0.3) is 6.08 Å². The summed E-state index contributed by atoms with van der Waals surface area (Å²) in [7, 11) is 0. The first-order valence-corrected chi connectivity index (χ1v) is 11.9. The van der Waals surface area contributed by atoms with Gasteiger partial charge >= 0.3 is 0 Å². The first-order chi connectivity index (χ1) is 16.8. The molecular formula is C25H22ClN3O5S. The number of nitrogens with one attached hydrogen (secondary N) is 1. The summed E-state index contributed by atoms with van der Waals surface area (Å²) in [6.07, 6.45) is 1.65. The van der Waals surface area contributed by atoms with Crippen molar-refractivity contribution in [2.75, 3.05) is 13.1 Å². The van der Waals surface area contributed by atoms with Gasteiger partial charge < -0.3 is 14.6 Å². The zero-order chi connectivity index (χ0) is 24.9. The van der Waals surface area contributed by atoms with Crippen molar-refractivity contribution in [1.29, 1.82) is 0 Å². The van der Waals surface area contributed by atoms with Gasteiger partial charge in [0, 0.05) is 23.7 Å². The van der Waals surface area contributed by atoms with E-state index in [2.05, 4.69) is 10.5 Å². The van der Waals surface area contributed by atoms with Crippen LogP contribution in [0.15, 0.2) is 58.0 Å². The van der Waals surface area contributed by atoms with E-state index >= 15 is 0 Å². The number of hydrogen-bond acceptors (Lipinski definition) is 7. The Bertz CT molecular complexity index is 1270. The Morgan fingerprint density at radius 1 is 1.14 bits per heavy atom. The van der Waals surface area contributed by atoms with Gasteiger partial charge in [-0.15, -0.1) is 0 Å². The highest BCUT2D eigenvalue weighted by atomic mass is 35.5. The number of hydrogen-bond donors (Lipinski definition) is 1. The molecule has 4 rings (SSSR count). The summed E-state index contributed by atoms with van der Waals surface area (Å²) in [6, 6.07) is 13.7. The molecule has 0 bridgehead atoms. The zero-order valence-corrected chi connectivity index (χ0v) is 20.6. The summed E-state index contributed by atoms with van der Waals surface area (Å²) < 4.78 is 10.9. The lowest BCUT2D eigenvalue weighted by atomic mass is 10.2. The lowest BCUT2D eigenvalue weighted by molar-refractivity contribution is -0.122. The van der Waals surface area contributed by atoms with E-state index in [1.165, 1.54) is 0 Å². The maximum atomic E-state index is 12.6. The van der Waals surface area contributed by atoms with Crippen molar-refractivity contribution in [2.45, 2.75) is 20.5 Å². The Hall–Kier alpha value is -3.56. The third-order valence-corrected chi connectivity index (χ3v) is 6.50. The second-order valence-corrected chi connectivity index (χ2v) is 9.19. The summed E-state index contributed by atoms with van der Waals surface area (Å²) in [5, 5.41) is 6.85. The highest BCUT2D eigenvalue weighted by Gasteiger charge is 2.34. The van der Waals surface area contributed by atoms with Crippen LogP contribution >= 0.6 is 23.4 Å². The van der Waals surface area contributed by atoms with Gasteiger partial charge in [0.2, 0.25) is 0 Å². The van der Waals surface area contributed by atoms with Crippen LogP contribution in [0, 0.1) is 13.8 Å². The number of amides is 3. The predicted molar refractivity (Wildman–Crippen MR) is 133 cm³/mol. The van der Waals surface area contributed by atoms with E-state index in [1.807, 2.05) is 13.8 Å². The zero-order valence-electron chi connectivity index (χ0n) is 19.0. The molecule has 0 atom stereocenters. The third-order valence-electron chi connectivity index (χ3n) is 5.34. The molecule has 1 fully saturated rings. The van der Waals surface area contributed by atoms with Gasteiger partial charge in [0.1, 0.15) is 18.1 Å². The van der Waals surface area contributed by atoms with Gasteiger partial charge in [-0.05, 0) is 73.6 Å². The second-order valence-electron chi connectivity index (χ2n) is 7.76. The van der Waals surface area contributed by atoms with Gasteiger partial charge in [0.15, 0.2) is 0 Å². The topological polar surface area (TPSA) is 102 Å². The quantitative estimate of drug-likeness (QED) is 0.425. The van der Waals surface area contributed by atoms with E-state index < -0.39 is 0 Å². The van der Waals surface area contributed by atoms with E-state index in [1.54, 1.807) is 54.6 Å². The van der Waals surface area contributed by atoms with Crippen LogP contribution in [0.1, 0.15) is 32.9 Å². The van der Waals surface area contributed by atoms with Crippen molar-refractivity contribution in [3.8, 4) is 5.75 Å². The molecule has 1 saturated heterocycles. The van der Waals surface area contributed by atoms with Gasteiger partial charge in [-0.25, -0.2) is 0 Å². The average molecular weight is 512 g/mol. The number of imide groups is 1. The fourth-order valence-electron chi connectivity index (χ4n) is 3.35. The van der Waals surface area contributed by atoms with Crippen LogP contribution in [0.2, 0.25) is 5.02 Å². The fourth-order valence-corrected chi connectivity index (χ4v) is 4.34. The van der Waals surface area contributed by atoms with Crippen LogP contribution in [-0.4, -0.2) is 40.2 Å². The van der Waals surface area contributed by atoms with Gasteiger partial charge in [0.25, 0.3) is 17.1 Å². The number of thioether (sulfide) groups is 1. The maximum Gasteiger partial charge on any atom is 0.293 e. The van der Waals surface area contributed by atoms with Crippen molar-refractivity contribution >= 4 is 46.5 Å². The van der Waals surface area contributed by atoms with E-state index in [0.717, 1.165) is 33.5 Å². The van der Waals surface area contributed by atoms with Crippen molar-refractivity contribution in [3.05, 3.63) is 86.6 Å². The van der Waals surface area contributed by atoms with E-state index in [-0.39, 0.29) is 30.1 Å². The highest BCUT2D eigenvalue weighted by Crippen LogP contribution is 2.32. The number of carbonyl (C=O) groups excluding carboxylic acids is 3. The summed E-state index contributed by atoms with van der Waals surface area (Å²) >= 11 is 6.75. The molecule has 1 N–H and O–H groups in total. The fraction of sp³-hybridized carbons (Fsp3) is 0.200. The van der Waals surface area contributed by atoms with Gasteiger partial charge in [-0.2, -0.15) is 0 Å². The SMILES string of the molecule is Cc1noc(C)c1COc1ccc(C(=O)NCCN2C(=O)S/C(=C/c3ccc(Cl)cc3)C2=O)cc1. The summed E-state index contributed by atoms with van der Waals surface area (Å²) in [5.41, 5.74) is 2.88. The predicted octanol–water partition coefficient (Wildman–Crippen LogP) is 4.99. The standard InChI is InChI=1S/C25H22ClN3O5S/c1-15-21(16(2)34-28-15)14-33-20-9-5-18(6-10-20)23(30)27-11-12-29-24(31)22(35-25(29)32)13-17-3-7-19(26)8-4-17/h3-10,13H,11-12,14H2,1-2H3,(H,27,30)/b22-13+. The second kappa shape index (κ2) is 10.8. The maximum absolute atomic E-state index is 12.6. The molecule has 35 heavy (non-hydrogen) atoms. The number of aryl methyl sites for hydroxylation is 2. The molecule has 2 aromatic carbocycles. The van der Waals surface area contributed by atoms with Crippen LogP contribution < -0.4 is 10.1 Å². The molecule has 0 aliphatic carbocycles. The van der Waals surface area contributed by atoms with E-state index in [4.69, 9.17) is 20.9 Å². The highest BCUT2D eigenvalue weighted by molar-refractivity contribution is 8.18. The molecule has 1 aliphatic rings. The monoisotopic (exact) mass is 511 g/mol. The Labute approximate surface area is 211 Å². The largest absolute Gasteiger partial charge is 0.489 e. The summed E-state index contributed by atoms with van der Waals surface area (Å²) in [4.78, 5) is 38.8. The minimum absolute atomic E-state index is 0.0764. The lowest BCUT2D eigenvalue weighted by Crippen LogP contribution is -2.37. The molecule has 1 aliphatic heterocycles. The summed E-state index contributed by atoms with van der Waals surface area (Å²) in [5.74, 6) is 0.612. The molecule has 0 spiro atoms. The minimum atomic E-state index is -0.385. The van der Waals surface area contributed by atoms with Gasteiger partial charge in [0.05, 0.1) is 16.2 Å². The Kier molecular flexibility index (Phi) is 7.57. The molecule has 0 unspecified atom stereocenters. The first-order valence-electron chi connectivity index (χ1n) is 10.8. The van der Waals surface area contributed by atoms with Gasteiger partial charge in [-0.1, -0.05) is 28.9 Å². The molecule has 1 aromatic heterocycles. The molecule has 2 heterocycles. The van der Waals surface area contributed by atoms with Crippen LogP contribution in [0.3, 0.4) is 0 Å². The molecule has 8 nitrogen and oxygen atoms in total. The first kappa shape index (κ1) is 24.6. The number of benzene rings is 2. The molecule has 3 amide bonds. The number of aromatic nitrogens is 1. The average Bonchev–Trinajstić information content (AvgIpc) is 3.31. The Morgan fingerprint density at radius 3 is 2.51 bits per heavy atom. The smallest absolute Gasteiger partial charge is 0.293 e. The number of rotatable bonds is 8. The minimum Gasteiger partial charge on any atom is -0.489 e. The normalized spacial score (nSPS) is 14.6. The molecule has 0 radical (unpaired) electrons. The Balaban J connectivity index is 1.27. The Morgan fingerprint density at radius 2 is 1.86 bits per heavy atom. The number of halogens is 1. The number of nitrogens with zero attached hydrogens (tertiary/aromatic N) is 2. The third kappa shape index (κ3) is 5.93. The van der Waals surface area contributed by atoms with Crippen molar-refractivity contribution in [3.63, 3.8) is 0 Å². The number of ether oxygens (including phenoxy) is 1. The molecule has 10 heteroatoms. The molecular weight excluding hydrogens is 490 g/mol. The van der Waals surface area contributed by atoms with Crippen molar-refractivity contribution < 1.29 is 23.6 Å². The number of carbonyl (C=O) groups is 3. The van der Waals surface area contributed by atoms with Crippen molar-refractivity contribution in [2.24, 2.45) is 0 Å². The molecule has 180 valence electrons.